The number of ether oxygens (including phenoxy) is 1. The zero-order chi connectivity index (χ0) is 23.2. The molecule has 2 aromatic heterocycles. The van der Waals surface area contributed by atoms with Crippen molar-refractivity contribution in [3.63, 3.8) is 0 Å². The van der Waals surface area contributed by atoms with Gasteiger partial charge in [0.05, 0.1) is 18.7 Å². The highest BCUT2D eigenvalue weighted by Crippen LogP contribution is 2.44. The Bertz CT molecular complexity index is 1240. The number of aliphatic imine (C=N–C) groups is 1. The van der Waals surface area contributed by atoms with E-state index in [1.165, 1.54) is 12.0 Å². The number of nitrogens with zero attached hydrogens (tertiary/aromatic N) is 4. The first-order valence-corrected chi connectivity index (χ1v) is 11.5. The van der Waals surface area contributed by atoms with Crippen LogP contribution < -0.4 is 0 Å². The predicted octanol–water partition coefficient (Wildman–Crippen LogP) is 5.34. The summed E-state index contributed by atoms with van der Waals surface area (Å²) in [6.07, 6.45) is 2.10. The second-order valence-electron chi connectivity index (χ2n) is 8.08. The minimum absolute atomic E-state index is 0.364. The lowest BCUT2D eigenvalue weighted by molar-refractivity contribution is -0.147. The maximum absolute atomic E-state index is 12.9. The van der Waals surface area contributed by atoms with E-state index in [9.17, 15) is 4.79 Å². The number of halogens is 1. The summed E-state index contributed by atoms with van der Waals surface area (Å²) < 4.78 is 7.21. The predicted molar refractivity (Wildman–Crippen MR) is 128 cm³/mol. The average molecular weight is 469 g/mol. The lowest BCUT2D eigenvalue weighted by Crippen LogP contribution is -2.39. The van der Waals surface area contributed by atoms with E-state index in [2.05, 4.69) is 30.6 Å². The van der Waals surface area contributed by atoms with Gasteiger partial charge in [0, 0.05) is 21.0 Å². The zero-order valence-electron chi connectivity index (χ0n) is 18.8. The molecular weight excluding hydrogens is 444 g/mol. The molecule has 166 valence electrons. The topological polar surface area (TPSA) is 69.4 Å². The number of rotatable bonds is 5. The van der Waals surface area contributed by atoms with Crippen LogP contribution in [0.4, 0.5) is 0 Å². The standard InChI is InChI=1S/C24H25ClN4O2S/c1-7-8-18(22(30)31-6)24(5)23-28-27-15(4)29(23)21-19(13(2)14(3)32-21)20(26-24)16-9-11-17(25)12-10-16/h7,9-12,18H,1,8H2,2-6H3/t18-,24+/m0/s1. The van der Waals surface area contributed by atoms with Gasteiger partial charge < -0.3 is 4.74 Å². The fraction of sp³-hybridized carbons (Fsp3) is 0.333. The van der Waals surface area contributed by atoms with E-state index in [1.807, 2.05) is 42.7 Å². The van der Waals surface area contributed by atoms with Gasteiger partial charge in [-0.3, -0.25) is 14.4 Å². The second kappa shape index (κ2) is 8.30. The number of aromatic nitrogens is 3. The Morgan fingerprint density at radius 2 is 1.97 bits per heavy atom. The van der Waals surface area contributed by atoms with Crippen LogP contribution in [0.2, 0.25) is 5.02 Å². The number of thiophene rings is 1. The number of hydrogen-bond acceptors (Lipinski definition) is 6. The van der Waals surface area contributed by atoms with Crippen molar-refractivity contribution in [3.05, 3.63) is 75.2 Å². The Balaban J connectivity index is 2.12. The molecule has 3 aromatic rings. The number of methoxy groups -OCH3 is 1. The van der Waals surface area contributed by atoms with Crippen molar-refractivity contribution in [2.24, 2.45) is 10.9 Å². The van der Waals surface area contributed by atoms with E-state index >= 15 is 0 Å². The van der Waals surface area contributed by atoms with E-state index < -0.39 is 11.5 Å². The van der Waals surface area contributed by atoms with Crippen LogP contribution in [0.1, 0.15) is 46.6 Å². The Kier molecular flexibility index (Phi) is 5.81. The first-order valence-electron chi connectivity index (χ1n) is 10.3. The SMILES string of the molecule is C=CC[C@@H](C(=O)OC)[C@@]1(C)N=C(c2ccc(Cl)cc2)c2c(sc(C)c2C)-n2c(C)nnc21. The Morgan fingerprint density at radius 1 is 1.28 bits per heavy atom. The lowest BCUT2D eigenvalue weighted by Gasteiger charge is -2.31. The number of allylic oxidation sites excluding steroid dienone is 1. The molecule has 0 fully saturated rings. The molecule has 32 heavy (non-hydrogen) atoms. The maximum atomic E-state index is 12.9. The molecule has 0 aliphatic carbocycles. The Morgan fingerprint density at radius 3 is 2.59 bits per heavy atom. The lowest BCUT2D eigenvalue weighted by atomic mass is 9.82. The number of hydrogen-bond donors (Lipinski definition) is 0. The van der Waals surface area contributed by atoms with Gasteiger partial charge in [0.1, 0.15) is 16.4 Å². The zero-order valence-corrected chi connectivity index (χ0v) is 20.3. The van der Waals surface area contributed by atoms with E-state index in [4.69, 9.17) is 21.3 Å². The van der Waals surface area contributed by atoms with Gasteiger partial charge in [-0.05, 0) is 51.8 Å². The molecule has 8 heteroatoms. The first-order chi connectivity index (χ1) is 15.2. The summed E-state index contributed by atoms with van der Waals surface area (Å²) in [5, 5.41) is 10.5. The van der Waals surface area contributed by atoms with Crippen molar-refractivity contribution in [3.8, 4) is 5.00 Å². The van der Waals surface area contributed by atoms with E-state index in [-0.39, 0.29) is 5.97 Å². The number of aryl methyl sites for hydroxylation is 2. The van der Waals surface area contributed by atoms with Gasteiger partial charge in [-0.15, -0.1) is 28.1 Å². The highest BCUT2D eigenvalue weighted by molar-refractivity contribution is 7.15. The van der Waals surface area contributed by atoms with Gasteiger partial charge >= 0.3 is 5.97 Å². The molecule has 2 atom stereocenters. The molecule has 1 aromatic carbocycles. The monoisotopic (exact) mass is 468 g/mol. The maximum Gasteiger partial charge on any atom is 0.311 e. The van der Waals surface area contributed by atoms with Gasteiger partial charge in [-0.1, -0.05) is 29.8 Å². The van der Waals surface area contributed by atoms with Crippen LogP contribution in [0.25, 0.3) is 5.00 Å². The van der Waals surface area contributed by atoms with Crippen LogP contribution >= 0.6 is 22.9 Å². The molecule has 1 aliphatic rings. The minimum atomic E-state index is -1.03. The molecule has 0 unspecified atom stereocenters. The third-order valence-corrected chi connectivity index (χ3v) is 7.56. The van der Waals surface area contributed by atoms with Gasteiger partial charge in [0.15, 0.2) is 5.82 Å². The quantitative estimate of drug-likeness (QED) is 0.374. The van der Waals surface area contributed by atoms with Gasteiger partial charge in [-0.25, -0.2) is 0 Å². The molecule has 0 bridgehead atoms. The molecule has 6 nitrogen and oxygen atoms in total. The van der Waals surface area contributed by atoms with Gasteiger partial charge in [0.2, 0.25) is 0 Å². The second-order valence-corrected chi connectivity index (χ2v) is 9.72. The van der Waals surface area contributed by atoms with Gasteiger partial charge in [0.25, 0.3) is 0 Å². The van der Waals surface area contributed by atoms with Crippen molar-refractivity contribution < 1.29 is 9.53 Å². The third kappa shape index (κ3) is 3.40. The van der Waals surface area contributed by atoms with Crippen LogP contribution in [0.3, 0.4) is 0 Å². The highest BCUT2D eigenvalue weighted by atomic mass is 35.5. The number of benzene rings is 1. The Hall–Kier alpha value is -2.77. The van der Waals surface area contributed by atoms with Crippen molar-refractivity contribution in [2.45, 2.75) is 39.7 Å². The summed E-state index contributed by atoms with van der Waals surface area (Å²) in [5.41, 5.74) is 2.84. The van der Waals surface area contributed by atoms with Crippen LogP contribution in [0.5, 0.6) is 0 Å². The normalized spacial score (nSPS) is 18.2. The summed E-state index contributed by atoms with van der Waals surface area (Å²) in [6.45, 7) is 11.9. The number of carbonyl (C=O) groups excluding carboxylic acids is 1. The highest BCUT2D eigenvalue weighted by Gasteiger charge is 2.47. The van der Waals surface area contributed by atoms with Crippen molar-refractivity contribution in [1.29, 1.82) is 0 Å². The summed E-state index contributed by atoms with van der Waals surface area (Å²) in [6, 6.07) is 7.61. The van der Waals surface area contributed by atoms with Crippen LogP contribution in [0, 0.1) is 26.7 Å². The summed E-state index contributed by atoms with van der Waals surface area (Å²) >= 11 is 7.84. The smallest absolute Gasteiger partial charge is 0.311 e. The fourth-order valence-corrected chi connectivity index (χ4v) is 5.56. The van der Waals surface area contributed by atoms with Crippen molar-refractivity contribution >= 4 is 34.6 Å². The summed E-state index contributed by atoms with van der Waals surface area (Å²) in [5.74, 6) is 0.365. The summed E-state index contributed by atoms with van der Waals surface area (Å²) in [4.78, 5) is 19.4. The molecule has 0 saturated carbocycles. The minimum Gasteiger partial charge on any atom is -0.469 e. The van der Waals surface area contributed by atoms with Crippen LogP contribution in [-0.4, -0.2) is 33.6 Å². The molecule has 0 amide bonds. The van der Waals surface area contributed by atoms with Crippen molar-refractivity contribution in [1.82, 2.24) is 14.8 Å². The number of carbonyl (C=O) groups is 1. The molecule has 0 spiro atoms. The third-order valence-electron chi connectivity index (χ3n) is 6.11. The fourth-order valence-electron chi connectivity index (χ4n) is 4.23. The molecule has 0 N–H and O–H groups in total. The largest absolute Gasteiger partial charge is 0.469 e. The molecule has 0 saturated heterocycles. The van der Waals surface area contributed by atoms with E-state index in [0.29, 0.717) is 17.3 Å². The van der Waals surface area contributed by atoms with Crippen LogP contribution in [-0.2, 0) is 15.1 Å². The number of esters is 1. The molecule has 3 heterocycles. The molecule has 1 aliphatic heterocycles. The molecular formula is C24H25ClN4O2S. The average Bonchev–Trinajstić information content (AvgIpc) is 3.26. The van der Waals surface area contributed by atoms with E-state index in [1.54, 1.807) is 17.4 Å². The summed E-state index contributed by atoms with van der Waals surface area (Å²) in [7, 11) is 1.39. The van der Waals surface area contributed by atoms with Crippen molar-refractivity contribution in [2.75, 3.05) is 7.11 Å². The number of fused-ring (bicyclic) bond motifs is 3. The van der Waals surface area contributed by atoms with Gasteiger partial charge in [-0.2, -0.15) is 0 Å². The van der Waals surface area contributed by atoms with Crippen LogP contribution in [0.15, 0.2) is 41.9 Å². The molecule has 4 rings (SSSR count). The first kappa shape index (κ1) is 22.4. The molecule has 0 radical (unpaired) electrons. The Labute approximate surface area is 196 Å². The van der Waals surface area contributed by atoms with E-state index in [0.717, 1.165) is 33.2 Å².